The Morgan fingerprint density at radius 2 is 2.17 bits per heavy atom. The Labute approximate surface area is 112 Å². The summed E-state index contributed by atoms with van der Waals surface area (Å²) in [5.41, 5.74) is 6.45. The molecule has 0 radical (unpaired) electrons. The van der Waals surface area contributed by atoms with Gasteiger partial charge in [-0.15, -0.1) is 0 Å². The molecule has 98 valence electrons. The van der Waals surface area contributed by atoms with Crippen molar-refractivity contribution in [1.82, 2.24) is 4.90 Å². The van der Waals surface area contributed by atoms with E-state index in [1.54, 1.807) is 18.2 Å². The molecule has 1 saturated heterocycles. The van der Waals surface area contributed by atoms with Crippen LogP contribution in [0.1, 0.15) is 23.2 Å². The first-order valence-corrected chi connectivity index (χ1v) is 6.40. The highest BCUT2D eigenvalue weighted by atomic mass is 79.9. The summed E-state index contributed by atoms with van der Waals surface area (Å²) in [5.74, 6) is -3.17. The molecule has 0 aliphatic carbocycles. The quantitative estimate of drug-likeness (QED) is 0.809. The lowest BCUT2D eigenvalue weighted by atomic mass is 10.1. The highest BCUT2D eigenvalue weighted by Gasteiger charge is 2.37. The Balaban J connectivity index is 2.20. The second-order valence-electron chi connectivity index (χ2n) is 4.43. The maximum Gasteiger partial charge on any atom is 0.265 e. The molecule has 0 spiro atoms. The molecule has 6 heteroatoms. The number of rotatable bonds is 1. The van der Waals surface area contributed by atoms with Crippen molar-refractivity contribution in [2.24, 2.45) is 0 Å². The van der Waals surface area contributed by atoms with E-state index in [-0.39, 0.29) is 12.3 Å². The van der Waals surface area contributed by atoms with Crippen LogP contribution < -0.4 is 5.73 Å². The normalized spacial score (nSPS) is 18.7. The molecular formula is C12H13BrF2N2O. The molecule has 0 unspecified atom stereocenters. The van der Waals surface area contributed by atoms with Gasteiger partial charge in [0.2, 0.25) is 0 Å². The number of carbonyl (C=O) groups is 1. The molecule has 18 heavy (non-hydrogen) atoms. The standard InChI is InChI=1S/C12H13BrF2N2O/c13-10-6-8(16)2-3-9(10)11(18)17-5-1-4-12(14,15)7-17/h2-3,6H,1,4-5,7,16H2. The molecule has 0 atom stereocenters. The van der Waals surface area contributed by atoms with E-state index in [0.29, 0.717) is 28.7 Å². The van der Waals surface area contributed by atoms with E-state index in [9.17, 15) is 13.6 Å². The zero-order valence-electron chi connectivity index (χ0n) is 9.63. The second-order valence-corrected chi connectivity index (χ2v) is 5.28. The molecular weight excluding hydrogens is 306 g/mol. The predicted molar refractivity (Wildman–Crippen MR) is 68.6 cm³/mol. The fourth-order valence-electron chi connectivity index (χ4n) is 2.01. The average molecular weight is 319 g/mol. The average Bonchev–Trinajstić information content (AvgIpc) is 2.27. The summed E-state index contributed by atoms with van der Waals surface area (Å²) < 4.78 is 27.1. The minimum absolute atomic E-state index is 0.153. The molecule has 1 aromatic carbocycles. The van der Waals surface area contributed by atoms with Crippen LogP contribution in [0.3, 0.4) is 0 Å². The van der Waals surface area contributed by atoms with Gasteiger partial charge in [0.15, 0.2) is 0 Å². The third-order valence-corrected chi connectivity index (χ3v) is 3.56. The lowest BCUT2D eigenvalue weighted by Gasteiger charge is -2.32. The summed E-state index contributed by atoms with van der Waals surface area (Å²) in [6, 6.07) is 4.73. The maximum absolute atomic E-state index is 13.3. The van der Waals surface area contributed by atoms with Crippen LogP contribution in [0.2, 0.25) is 0 Å². The van der Waals surface area contributed by atoms with Gasteiger partial charge in [-0.1, -0.05) is 0 Å². The van der Waals surface area contributed by atoms with Crippen molar-refractivity contribution in [2.45, 2.75) is 18.8 Å². The highest BCUT2D eigenvalue weighted by Crippen LogP contribution is 2.29. The number of likely N-dealkylation sites (tertiary alicyclic amines) is 1. The zero-order chi connectivity index (χ0) is 13.3. The number of hydrogen-bond acceptors (Lipinski definition) is 2. The number of alkyl halides is 2. The van der Waals surface area contributed by atoms with E-state index in [4.69, 9.17) is 5.73 Å². The Morgan fingerprint density at radius 3 is 2.78 bits per heavy atom. The van der Waals surface area contributed by atoms with Gasteiger partial charge in [0.05, 0.1) is 12.1 Å². The number of piperidine rings is 1. The van der Waals surface area contributed by atoms with Crippen LogP contribution in [0.25, 0.3) is 0 Å². The molecule has 1 aromatic rings. The van der Waals surface area contributed by atoms with Gasteiger partial charge in [-0.3, -0.25) is 4.79 Å². The number of nitrogens with two attached hydrogens (primary N) is 1. The van der Waals surface area contributed by atoms with Crippen molar-refractivity contribution in [3.8, 4) is 0 Å². The van der Waals surface area contributed by atoms with Crippen LogP contribution in [0.4, 0.5) is 14.5 Å². The van der Waals surface area contributed by atoms with Gasteiger partial charge in [0.1, 0.15) is 0 Å². The lowest BCUT2D eigenvalue weighted by Crippen LogP contribution is -2.45. The lowest BCUT2D eigenvalue weighted by molar-refractivity contribution is -0.0560. The van der Waals surface area contributed by atoms with Crippen LogP contribution in [-0.4, -0.2) is 29.8 Å². The Morgan fingerprint density at radius 1 is 1.44 bits per heavy atom. The van der Waals surface area contributed by atoms with Gasteiger partial charge in [0, 0.05) is 23.1 Å². The number of carbonyl (C=O) groups excluding carboxylic acids is 1. The fourth-order valence-corrected chi connectivity index (χ4v) is 2.58. The third kappa shape index (κ3) is 2.80. The molecule has 0 saturated carbocycles. The smallest absolute Gasteiger partial charge is 0.265 e. The number of hydrogen-bond donors (Lipinski definition) is 1. The number of amides is 1. The fraction of sp³-hybridized carbons (Fsp3) is 0.417. The van der Waals surface area contributed by atoms with Crippen molar-refractivity contribution in [2.75, 3.05) is 18.8 Å². The SMILES string of the molecule is Nc1ccc(C(=O)N2CCCC(F)(F)C2)c(Br)c1. The first kappa shape index (κ1) is 13.3. The van der Waals surface area contributed by atoms with Crippen LogP contribution >= 0.6 is 15.9 Å². The van der Waals surface area contributed by atoms with Crippen molar-refractivity contribution >= 4 is 27.5 Å². The van der Waals surface area contributed by atoms with Gasteiger partial charge < -0.3 is 10.6 Å². The Hall–Kier alpha value is -1.17. The van der Waals surface area contributed by atoms with Crippen molar-refractivity contribution in [3.63, 3.8) is 0 Å². The van der Waals surface area contributed by atoms with Gasteiger partial charge in [0.25, 0.3) is 11.8 Å². The van der Waals surface area contributed by atoms with Crippen LogP contribution in [0.5, 0.6) is 0 Å². The predicted octanol–water partition coefficient (Wildman–Crippen LogP) is 2.90. The van der Waals surface area contributed by atoms with E-state index >= 15 is 0 Å². The number of nitrogens with zero attached hydrogens (tertiary/aromatic N) is 1. The molecule has 3 nitrogen and oxygen atoms in total. The molecule has 0 aromatic heterocycles. The van der Waals surface area contributed by atoms with Gasteiger partial charge in [-0.05, 0) is 40.5 Å². The molecule has 1 fully saturated rings. The molecule has 1 amide bonds. The Bertz CT molecular complexity index is 479. The van der Waals surface area contributed by atoms with E-state index in [2.05, 4.69) is 15.9 Å². The summed E-state index contributed by atoms with van der Waals surface area (Å²) in [6.45, 7) is -0.145. The molecule has 2 rings (SSSR count). The van der Waals surface area contributed by atoms with Crippen LogP contribution in [-0.2, 0) is 0 Å². The maximum atomic E-state index is 13.3. The van der Waals surface area contributed by atoms with E-state index < -0.39 is 12.5 Å². The summed E-state index contributed by atoms with van der Waals surface area (Å²) >= 11 is 3.23. The summed E-state index contributed by atoms with van der Waals surface area (Å²) in [6.07, 6.45) is 0.172. The van der Waals surface area contributed by atoms with E-state index in [1.165, 1.54) is 4.90 Å². The molecule has 2 N–H and O–H groups in total. The van der Waals surface area contributed by atoms with Crippen molar-refractivity contribution < 1.29 is 13.6 Å². The van der Waals surface area contributed by atoms with Crippen molar-refractivity contribution in [3.05, 3.63) is 28.2 Å². The summed E-state index contributed by atoms with van der Waals surface area (Å²) in [7, 11) is 0. The molecule has 1 heterocycles. The number of anilines is 1. The molecule has 1 aliphatic rings. The van der Waals surface area contributed by atoms with Crippen LogP contribution in [0, 0.1) is 0 Å². The van der Waals surface area contributed by atoms with Gasteiger partial charge >= 0.3 is 0 Å². The molecule has 1 aliphatic heterocycles. The highest BCUT2D eigenvalue weighted by molar-refractivity contribution is 9.10. The topological polar surface area (TPSA) is 46.3 Å². The summed E-state index contributed by atoms with van der Waals surface area (Å²) in [4.78, 5) is 13.3. The number of benzene rings is 1. The summed E-state index contributed by atoms with van der Waals surface area (Å²) in [5, 5.41) is 0. The van der Waals surface area contributed by atoms with Crippen molar-refractivity contribution in [1.29, 1.82) is 0 Å². The molecule has 0 bridgehead atoms. The monoisotopic (exact) mass is 318 g/mol. The van der Waals surface area contributed by atoms with Crippen LogP contribution in [0.15, 0.2) is 22.7 Å². The van der Waals surface area contributed by atoms with E-state index in [0.717, 1.165) is 0 Å². The zero-order valence-corrected chi connectivity index (χ0v) is 11.2. The number of halogens is 3. The minimum Gasteiger partial charge on any atom is -0.399 e. The van der Waals surface area contributed by atoms with Gasteiger partial charge in [-0.25, -0.2) is 8.78 Å². The van der Waals surface area contributed by atoms with E-state index in [1.807, 2.05) is 0 Å². The Kier molecular flexibility index (Phi) is 3.56. The minimum atomic E-state index is -2.78. The largest absolute Gasteiger partial charge is 0.399 e. The first-order valence-electron chi connectivity index (χ1n) is 5.61. The third-order valence-electron chi connectivity index (χ3n) is 2.90. The second kappa shape index (κ2) is 4.84. The number of nitrogen functional groups attached to an aromatic ring is 1. The first-order chi connectivity index (χ1) is 8.39. The van der Waals surface area contributed by atoms with Gasteiger partial charge in [-0.2, -0.15) is 0 Å².